The Balaban J connectivity index is 1.58. The summed E-state index contributed by atoms with van der Waals surface area (Å²) in [5, 5.41) is 4.06. The number of sulfonamides is 1. The fourth-order valence-electron chi connectivity index (χ4n) is 4.86. The number of fused-ring (bicyclic) bond motifs is 4. The third-order valence-corrected chi connectivity index (χ3v) is 7.06. The van der Waals surface area contributed by atoms with Crippen LogP contribution in [-0.2, 0) is 15.4 Å². The van der Waals surface area contributed by atoms with Crippen LogP contribution in [0.1, 0.15) is 53.9 Å². The van der Waals surface area contributed by atoms with Gasteiger partial charge in [0.25, 0.3) is 0 Å². The number of anilines is 1. The van der Waals surface area contributed by atoms with Crippen molar-refractivity contribution in [3.8, 4) is 5.75 Å². The SMILES string of the molecule is CC1(C)c2cc(OC3CCNCC3)ccc2C(=O)c2c1[nH]c1ccc(NS(C)(=O)=O)cc21. The largest absolute Gasteiger partial charge is 0.490 e. The van der Waals surface area contributed by atoms with Crippen LogP contribution in [0.15, 0.2) is 36.4 Å². The minimum Gasteiger partial charge on any atom is -0.490 e. The smallest absolute Gasteiger partial charge is 0.229 e. The molecule has 5 rings (SSSR count). The molecule has 1 aliphatic carbocycles. The summed E-state index contributed by atoms with van der Waals surface area (Å²) in [6.07, 6.45) is 3.23. The van der Waals surface area contributed by atoms with E-state index in [1.165, 1.54) is 0 Å². The Hall–Kier alpha value is -2.84. The summed E-state index contributed by atoms with van der Waals surface area (Å²) in [7, 11) is -3.42. The second kappa shape index (κ2) is 7.35. The predicted octanol–water partition coefficient (Wildman–Crippen LogP) is 3.54. The summed E-state index contributed by atoms with van der Waals surface area (Å²) in [6, 6.07) is 11.0. The van der Waals surface area contributed by atoms with Gasteiger partial charge in [-0.25, -0.2) is 8.42 Å². The molecule has 2 aliphatic rings. The van der Waals surface area contributed by atoms with Crippen molar-refractivity contribution in [1.29, 1.82) is 0 Å². The minimum absolute atomic E-state index is 0.0644. The normalized spacial score (nSPS) is 18.3. The van der Waals surface area contributed by atoms with Gasteiger partial charge in [0.2, 0.25) is 10.0 Å². The van der Waals surface area contributed by atoms with Gasteiger partial charge in [-0.15, -0.1) is 0 Å². The van der Waals surface area contributed by atoms with E-state index in [0.29, 0.717) is 22.2 Å². The molecule has 2 heterocycles. The molecule has 1 saturated heterocycles. The molecule has 1 fully saturated rings. The van der Waals surface area contributed by atoms with Gasteiger partial charge in [-0.1, -0.05) is 13.8 Å². The molecule has 1 aromatic heterocycles. The number of H-pyrrole nitrogens is 1. The third-order valence-electron chi connectivity index (χ3n) is 6.45. The van der Waals surface area contributed by atoms with Crippen LogP contribution in [0.3, 0.4) is 0 Å². The Kier molecular flexibility index (Phi) is 4.83. The van der Waals surface area contributed by atoms with Crippen LogP contribution in [0.5, 0.6) is 5.75 Å². The summed E-state index contributed by atoms with van der Waals surface area (Å²) in [4.78, 5) is 17.0. The van der Waals surface area contributed by atoms with Gasteiger partial charge in [-0.3, -0.25) is 9.52 Å². The molecule has 0 saturated carbocycles. The highest BCUT2D eigenvalue weighted by Gasteiger charge is 2.40. The van der Waals surface area contributed by atoms with Crippen molar-refractivity contribution < 1.29 is 17.9 Å². The molecule has 3 N–H and O–H groups in total. The number of benzene rings is 2. The Labute approximate surface area is 187 Å². The van der Waals surface area contributed by atoms with Crippen molar-refractivity contribution >= 4 is 32.4 Å². The van der Waals surface area contributed by atoms with Crippen molar-refractivity contribution in [2.24, 2.45) is 0 Å². The summed E-state index contributed by atoms with van der Waals surface area (Å²) in [5.41, 5.74) is 3.81. The Morgan fingerprint density at radius 1 is 1.09 bits per heavy atom. The van der Waals surface area contributed by atoms with Gasteiger partial charge >= 0.3 is 0 Å². The number of hydrogen-bond acceptors (Lipinski definition) is 5. The molecule has 0 bridgehead atoms. The van der Waals surface area contributed by atoms with E-state index in [0.717, 1.165) is 54.7 Å². The fourth-order valence-corrected chi connectivity index (χ4v) is 5.42. The maximum absolute atomic E-state index is 13.6. The summed E-state index contributed by atoms with van der Waals surface area (Å²) >= 11 is 0. The maximum Gasteiger partial charge on any atom is 0.229 e. The minimum atomic E-state index is -3.42. The van der Waals surface area contributed by atoms with E-state index >= 15 is 0 Å². The molecule has 0 atom stereocenters. The standard InChI is InChI=1S/C24H27N3O4S/c1-24(2)19-13-16(31-15-8-10-25-11-9-15)5-6-17(19)22(28)21-18-12-14(27-32(3,29)30)4-7-20(18)26-23(21)24/h4-7,12-13,15,25-27H,8-11H2,1-3H3. The lowest BCUT2D eigenvalue weighted by Crippen LogP contribution is -2.34. The van der Waals surface area contributed by atoms with Crippen LogP contribution in [0.4, 0.5) is 5.69 Å². The van der Waals surface area contributed by atoms with Gasteiger partial charge < -0.3 is 15.0 Å². The number of piperidine rings is 1. The van der Waals surface area contributed by atoms with Crippen molar-refractivity contribution in [3.63, 3.8) is 0 Å². The monoisotopic (exact) mass is 453 g/mol. The van der Waals surface area contributed by atoms with E-state index in [-0.39, 0.29) is 11.9 Å². The highest BCUT2D eigenvalue weighted by atomic mass is 32.2. The number of ether oxygens (including phenoxy) is 1. The van der Waals surface area contributed by atoms with Crippen LogP contribution in [-0.4, -0.2) is 44.6 Å². The first-order valence-corrected chi connectivity index (χ1v) is 12.7. The first-order valence-electron chi connectivity index (χ1n) is 10.8. The lowest BCUT2D eigenvalue weighted by atomic mass is 9.71. The molecule has 8 heteroatoms. The van der Waals surface area contributed by atoms with Gasteiger partial charge in [-0.2, -0.15) is 0 Å². The third kappa shape index (κ3) is 3.57. The number of aromatic nitrogens is 1. The summed E-state index contributed by atoms with van der Waals surface area (Å²) in [5.74, 6) is 0.723. The molecular formula is C24H27N3O4S. The number of ketones is 1. The van der Waals surface area contributed by atoms with Crippen molar-refractivity contribution in [2.45, 2.75) is 38.2 Å². The number of nitrogens with one attached hydrogen (secondary N) is 3. The van der Waals surface area contributed by atoms with Crippen LogP contribution in [0.25, 0.3) is 10.9 Å². The van der Waals surface area contributed by atoms with E-state index in [4.69, 9.17) is 4.74 Å². The zero-order chi connectivity index (χ0) is 22.7. The molecular weight excluding hydrogens is 426 g/mol. The first-order chi connectivity index (χ1) is 15.1. The van der Waals surface area contributed by atoms with Crippen LogP contribution in [0, 0.1) is 0 Å². The Morgan fingerprint density at radius 2 is 1.84 bits per heavy atom. The molecule has 0 spiro atoms. The second-order valence-electron chi connectivity index (χ2n) is 9.24. The molecule has 7 nitrogen and oxygen atoms in total. The molecule has 3 aromatic rings. The average molecular weight is 454 g/mol. The number of rotatable bonds is 4. The number of aromatic amines is 1. The second-order valence-corrected chi connectivity index (χ2v) is 11.0. The molecule has 2 aromatic carbocycles. The summed E-state index contributed by atoms with van der Waals surface area (Å²) in [6.45, 7) is 6.09. The number of hydrogen-bond donors (Lipinski definition) is 3. The van der Waals surface area contributed by atoms with Crippen molar-refractivity contribution in [3.05, 3.63) is 58.8 Å². The highest BCUT2D eigenvalue weighted by Crippen LogP contribution is 2.45. The Bertz CT molecular complexity index is 1330. The molecule has 0 amide bonds. The number of carbonyl (C=O) groups is 1. The molecule has 32 heavy (non-hydrogen) atoms. The molecule has 168 valence electrons. The van der Waals surface area contributed by atoms with E-state index in [1.807, 2.05) is 18.2 Å². The van der Waals surface area contributed by atoms with Gasteiger partial charge in [-0.05, 0) is 67.9 Å². The van der Waals surface area contributed by atoms with E-state index in [9.17, 15) is 13.2 Å². The quantitative estimate of drug-likeness (QED) is 0.561. The lowest BCUT2D eigenvalue weighted by molar-refractivity contribution is 0.103. The van der Waals surface area contributed by atoms with Gasteiger partial charge in [0, 0.05) is 33.3 Å². The van der Waals surface area contributed by atoms with E-state index < -0.39 is 15.4 Å². The van der Waals surface area contributed by atoms with Gasteiger partial charge in [0.1, 0.15) is 11.9 Å². The van der Waals surface area contributed by atoms with Crippen LogP contribution in [0.2, 0.25) is 0 Å². The molecule has 0 unspecified atom stereocenters. The maximum atomic E-state index is 13.6. The van der Waals surface area contributed by atoms with Crippen molar-refractivity contribution in [1.82, 2.24) is 10.3 Å². The zero-order valence-electron chi connectivity index (χ0n) is 18.4. The van der Waals surface area contributed by atoms with Gasteiger partial charge in [0.05, 0.1) is 11.8 Å². The lowest BCUT2D eigenvalue weighted by Gasteiger charge is -2.33. The zero-order valence-corrected chi connectivity index (χ0v) is 19.2. The average Bonchev–Trinajstić information content (AvgIpc) is 3.12. The molecule has 0 radical (unpaired) electrons. The number of carbonyl (C=O) groups excluding carboxylic acids is 1. The van der Waals surface area contributed by atoms with E-state index in [2.05, 4.69) is 28.9 Å². The van der Waals surface area contributed by atoms with Crippen molar-refractivity contribution in [2.75, 3.05) is 24.1 Å². The topological polar surface area (TPSA) is 100 Å². The summed E-state index contributed by atoms with van der Waals surface area (Å²) < 4.78 is 32.1. The van der Waals surface area contributed by atoms with Crippen LogP contribution >= 0.6 is 0 Å². The fraction of sp³-hybridized carbons (Fsp3) is 0.375. The highest BCUT2D eigenvalue weighted by molar-refractivity contribution is 7.92. The van der Waals surface area contributed by atoms with E-state index in [1.54, 1.807) is 18.2 Å². The first kappa shape index (κ1) is 21.0. The Morgan fingerprint density at radius 3 is 2.56 bits per heavy atom. The van der Waals surface area contributed by atoms with Gasteiger partial charge in [0.15, 0.2) is 5.78 Å². The van der Waals surface area contributed by atoms with Crippen LogP contribution < -0.4 is 14.8 Å². The predicted molar refractivity (Wildman–Crippen MR) is 125 cm³/mol. The molecule has 1 aliphatic heterocycles.